The minimum Gasteiger partial charge on any atom is -0.356 e. The van der Waals surface area contributed by atoms with Crippen molar-refractivity contribution in [3.8, 4) is 0 Å². The van der Waals surface area contributed by atoms with Gasteiger partial charge in [0.15, 0.2) is 0 Å². The quantitative estimate of drug-likeness (QED) is 0.618. The minimum atomic E-state index is 0.470. The number of aromatic nitrogens is 3. The van der Waals surface area contributed by atoms with Crippen LogP contribution in [0.4, 0.5) is 5.82 Å². The Bertz CT molecular complexity index is 946. The molecule has 1 atom stereocenters. The van der Waals surface area contributed by atoms with Crippen molar-refractivity contribution < 1.29 is 0 Å². The van der Waals surface area contributed by atoms with Gasteiger partial charge in [0.25, 0.3) is 0 Å². The number of rotatable bonds is 4. The van der Waals surface area contributed by atoms with E-state index in [0.717, 1.165) is 47.3 Å². The highest BCUT2D eigenvalue weighted by Crippen LogP contribution is 2.33. The Morgan fingerprint density at radius 1 is 1.07 bits per heavy atom. The molecular formula is C22H25ClN4. The third kappa shape index (κ3) is 3.31. The molecule has 27 heavy (non-hydrogen) atoms. The summed E-state index contributed by atoms with van der Waals surface area (Å²) < 4.78 is 2.41. The fraction of sp³-hybridized carbons (Fsp3) is 0.455. The van der Waals surface area contributed by atoms with Gasteiger partial charge in [-0.25, -0.2) is 9.97 Å². The molecule has 140 valence electrons. The first-order valence-electron chi connectivity index (χ1n) is 10.1. The third-order valence-electron chi connectivity index (χ3n) is 6.19. The van der Waals surface area contributed by atoms with Crippen LogP contribution in [-0.2, 0) is 6.54 Å². The van der Waals surface area contributed by atoms with Crippen molar-refractivity contribution in [1.82, 2.24) is 14.5 Å². The van der Waals surface area contributed by atoms with Gasteiger partial charge in [-0.15, -0.1) is 0 Å². The van der Waals surface area contributed by atoms with Crippen LogP contribution in [0, 0.1) is 5.92 Å². The van der Waals surface area contributed by atoms with E-state index in [-0.39, 0.29) is 0 Å². The largest absolute Gasteiger partial charge is 0.356 e. The molecule has 1 aliphatic heterocycles. The van der Waals surface area contributed by atoms with Gasteiger partial charge in [-0.1, -0.05) is 30.2 Å². The van der Waals surface area contributed by atoms with Gasteiger partial charge in [0.2, 0.25) is 0 Å². The number of nitrogens with zero attached hydrogens (tertiary/aromatic N) is 4. The molecule has 2 fully saturated rings. The molecule has 1 aliphatic carbocycles. The van der Waals surface area contributed by atoms with E-state index in [1.165, 1.54) is 37.9 Å². The number of hydrogen-bond donors (Lipinski definition) is 0. The zero-order valence-corrected chi connectivity index (χ0v) is 16.3. The fourth-order valence-electron chi connectivity index (χ4n) is 4.46. The summed E-state index contributed by atoms with van der Waals surface area (Å²) in [6.07, 6.45) is 10.6. The molecule has 0 amide bonds. The topological polar surface area (TPSA) is 34.0 Å². The molecule has 0 spiro atoms. The van der Waals surface area contributed by atoms with E-state index >= 15 is 0 Å². The van der Waals surface area contributed by atoms with Gasteiger partial charge in [0.05, 0.1) is 10.5 Å². The first-order chi connectivity index (χ1) is 13.3. The summed E-state index contributed by atoms with van der Waals surface area (Å²) in [7, 11) is 0. The molecule has 3 heterocycles. The normalized spacial score (nSPS) is 20.8. The highest BCUT2D eigenvalue weighted by Gasteiger charge is 2.27. The Kier molecular flexibility index (Phi) is 4.52. The number of benzene rings is 1. The van der Waals surface area contributed by atoms with Crippen molar-refractivity contribution in [3.63, 3.8) is 0 Å². The number of fused-ring (bicyclic) bond motifs is 1. The van der Waals surface area contributed by atoms with E-state index in [1.807, 2.05) is 18.3 Å². The molecular weight excluding hydrogens is 356 g/mol. The van der Waals surface area contributed by atoms with Crippen molar-refractivity contribution in [2.75, 3.05) is 18.0 Å². The molecule has 0 N–H and O–H groups in total. The summed E-state index contributed by atoms with van der Waals surface area (Å²) in [6.45, 7) is 3.16. The third-order valence-corrected chi connectivity index (χ3v) is 6.50. The van der Waals surface area contributed by atoms with Crippen molar-refractivity contribution in [1.29, 1.82) is 0 Å². The van der Waals surface area contributed by atoms with Crippen LogP contribution in [0.5, 0.6) is 0 Å². The number of para-hydroxylation sites is 1. The smallest absolute Gasteiger partial charge is 0.129 e. The van der Waals surface area contributed by atoms with Crippen molar-refractivity contribution in [2.24, 2.45) is 5.92 Å². The van der Waals surface area contributed by atoms with Gasteiger partial charge >= 0.3 is 0 Å². The molecule has 1 saturated heterocycles. The summed E-state index contributed by atoms with van der Waals surface area (Å²) in [5.41, 5.74) is 0.894. The van der Waals surface area contributed by atoms with Crippen LogP contribution in [0.25, 0.3) is 10.9 Å². The van der Waals surface area contributed by atoms with Gasteiger partial charge in [-0.05, 0) is 49.8 Å². The number of anilines is 1. The minimum absolute atomic E-state index is 0.470. The highest BCUT2D eigenvalue weighted by atomic mass is 35.5. The van der Waals surface area contributed by atoms with Crippen LogP contribution in [-0.4, -0.2) is 27.6 Å². The lowest BCUT2D eigenvalue weighted by Crippen LogP contribution is -2.36. The summed E-state index contributed by atoms with van der Waals surface area (Å²) in [6, 6.07) is 10.2. The predicted molar refractivity (Wildman–Crippen MR) is 111 cm³/mol. The number of imidazole rings is 1. The Morgan fingerprint density at radius 2 is 2.00 bits per heavy atom. The van der Waals surface area contributed by atoms with E-state index in [4.69, 9.17) is 21.6 Å². The van der Waals surface area contributed by atoms with Crippen LogP contribution < -0.4 is 4.90 Å². The molecule has 4 nitrogen and oxygen atoms in total. The lowest BCUT2D eigenvalue weighted by Gasteiger charge is -2.34. The van der Waals surface area contributed by atoms with Gasteiger partial charge in [-0.2, -0.15) is 0 Å². The standard InChI is InChI=1S/C22H25ClN4/c23-19-8-2-6-17-9-10-20(25-21(17)19)26-12-3-7-18(15-26)22-24-11-13-27(22)14-16-4-1-5-16/h2,6,8-11,13,16,18H,1,3-5,7,12,14-15H2. The molecule has 5 heteroatoms. The predicted octanol–water partition coefficient (Wildman–Crippen LogP) is 5.27. The molecule has 2 aromatic heterocycles. The maximum Gasteiger partial charge on any atom is 0.129 e. The second-order valence-corrected chi connectivity index (χ2v) is 8.41. The SMILES string of the molecule is Clc1cccc2ccc(N3CCCC(c4nccn4CC4CCC4)C3)nc12. The van der Waals surface area contributed by atoms with Crippen molar-refractivity contribution >= 4 is 28.3 Å². The Balaban J connectivity index is 1.38. The van der Waals surface area contributed by atoms with Crippen LogP contribution >= 0.6 is 11.6 Å². The van der Waals surface area contributed by atoms with Gasteiger partial charge in [0.1, 0.15) is 11.6 Å². The Hall–Kier alpha value is -2.07. The molecule has 5 rings (SSSR count). The van der Waals surface area contributed by atoms with Crippen molar-refractivity contribution in [2.45, 2.75) is 44.6 Å². The monoisotopic (exact) mass is 380 g/mol. The Labute approximate surface area is 165 Å². The zero-order valence-electron chi connectivity index (χ0n) is 15.5. The van der Waals surface area contributed by atoms with Crippen LogP contribution in [0.2, 0.25) is 5.02 Å². The molecule has 1 aromatic carbocycles. The number of hydrogen-bond acceptors (Lipinski definition) is 3. The van der Waals surface area contributed by atoms with Crippen LogP contribution in [0.3, 0.4) is 0 Å². The van der Waals surface area contributed by atoms with Crippen LogP contribution in [0.1, 0.15) is 43.8 Å². The first kappa shape index (κ1) is 17.1. The fourth-order valence-corrected chi connectivity index (χ4v) is 4.69. The summed E-state index contributed by atoms with van der Waals surface area (Å²) in [5, 5.41) is 1.81. The molecule has 3 aromatic rings. The lowest BCUT2D eigenvalue weighted by atomic mass is 9.85. The first-order valence-corrected chi connectivity index (χ1v) is 10.5. The van der Waals surface area contributed by atoms with Crippen LogP contribution in [0.15, 0.2) is 42.7 Å². The Morgan fingerprint density at radius 3 is 2.85 bits per heavy atom. The number of piperidine rings is 1. The van der Waals surface area contributed by atoms with Crippen molar-refractivity contribution in [3.05, 3.63) is 53.6 Å². The maximum absolute atomic E-state index is 6.37. The number of pyridine rings is 1. The summed E-state index contributed by atoms with van der Waals surface area (Å²) in [4.78, 5) is 12.0. The van der Waals surface area contributed by atoms with E-state index in [0.29, 0.717) is 5.92 Å². The van der Waals surface area contributed by atoms with Gasteiger partial charge < -0.3 is 9.47 Å². The van der Waals surface area contributed by atoms with Gasteiger partial charge in [-0.3, -0.25) is 0 Å². The second-order valence-electron chi connectivity index (χ2n) is 8.00. The molecule has 2 aliphatic rings. The van der Waals surface area contributed by atoms with E-state index in [9.17, 15) is 0 Å². The van der Waals surface area contributed by atoms with E-state index in [2.05, 4.69) is 33.9 Å². The molecule has 0 bridgehead atoms. The van der Waals surface area contributed by atoms with E-state index < -0.39 is 0 Å². The van der Waals surface area contributed by atoms with Gasteiger partial charge in [0, 0.05) is 43.3 Å². The second kappa shape index (κ2) is 7.16. The molecule has 0 radical (unpaired) electrons. The highest BCUT2D eigenvalue weighted by molar-refractivity contribution is 6.35. The molecule has 1 unspecified atom stereocenters. The zero-order chi connectivity index (χ0) is 18.2. The maximum atomic E-state index is 6.37. The average Bonchev–Trinajstić information content (AvgIpc) is 3.13. The summed E-state index contributed by atoms with van der Waals surface area (Å²) in [5.74, 6) is 3.60. The average molecular weight is 381 g/mol. The number of halogens is 1. The van der Waals surface area contributed by atoms with E-state index in [1.54, 1.807) is 0 Å². The molecule has 1 saturated carbocycles. The summed E-state index contributed by atoms with van der Waals surface area (Å²) >= 11 is 6.37. The lowest BCUT2D eigenvalue weighted by molar-refractivity contribution is 0.270.